The van der Waals surface area contributed by atoms with Gasteiger partial charge in [0.2, 0.25) is 0 Å². The SMILES string of the molecule is CC(C)N(CC1CC1)C(=O)c1cc(F)c(F)cc1[N+](=O)[O-]. The fourth-order valence-corrected chi connectivity index (χ4v) is 2.12. The molecule has 21 heavy (non-hydrogen) atoms. The minimum absolute atomic E-state index is 0.175. The highest BCUT2D eigenvalue weighted by Gasteiger charge is 2.32. The van der Waals surface area contributed by atoms with E-state index in [9.17, 15) is 23.7 Å². The van der Waals surface area contributed by atoms with Crippen molar-refractivity contribution in [2.75, 3.05) is 6.54 Å². The van der Waals surface area contributed by atoms with Gasteiger partial charge in [-0.2, -0.15) is 0 Å². The Morgan fingerprint density at radius 3 is 2.43 bits per heavy atom. The van der Waals surface area contributed by atoms with E-state index in [2.05, 4.69) is 0 Å². The minimum atomic E-state index is -1.34. The van der Waals surface area contributed by atoms with Gasteiger partial charge in [0.15, 0.2) is 11.6 Å². The summed E-state index contributed by atoms with van der Waals surface area (Å²) in [7, 11) is 0. The van der Waals surface area contributed by atoms with Crippen molar-refractivity contribution in [3.05, 3.63) is 39.4 Å². The van der Waals surface area contributed by atoms with Gasteiger partial charge >= 0.3 is 0 Å². The average molecular weight is 298 g/mol. The molecule has 1 amide bonds. The third-order valence-electron chi connectivity index (χ3n) is 3.50. The zero-order chi connectivity index (χ0) is 15.7. The minimum Gasteiger partial charge on any atom is -0.336 e. The summed E-state index contributed by atoms with van der Waals surface area (Å²) in [6, 6.07) is 0.891. The molecule has 1 fully saturated rings. The van der Waals surface area contributed by atoms with Crippen molar-refractivity contribution < 1.29 is 18.5 Å². The highest BCUT2D eigenvalue weighted by atomic mass is 19.2. The first kappa shape index (κ1) is 15.3. The van der Waals surface area contributed by atoms with Crippen LogP contribution in [0.2, 0.25) is 0 Å². The first-order valence-electron chi connectivity index (χ1n) is 6.75. The average Bonchev–Trinajstić information content (AvgIpc) is 3.21. The predicted molar refractivity (Wildman–Crippen MR) is 71.9 cm³/mol. The third-order valence-corrected chi connectivity index (χ3v) is 3.50. The van der Waals surface area contributed by atoms with Gasteiger partial charge in [-0.15, -0.1) is 0 Å². The lowest BCUT2D eigenvalue weighted by atomic mass is 10.1. The second-order valence-corrected chi connectivity index (χ2v) is 5.54. The van der Waals surface area contributed by atoms with Crippen LogP contribution >= 0.6 is 0 Å². The molecule has 0 saturated heterocycles. The molecule has 1 aliphatic rings. The summed E-state index contributed by atoms with van der Waals surface area (Å²) in [6.45, 7) is 4.05. The van der Waals surface area contributed by atoms with Gasteiger partial charge in [-0.1, -0.05) is 0 Å². The monoisotopic (exact) mass is 298 g/mol. The van der Waals surface area contributed by atoms with Crippen LogP contribution in [0.1, 0.15) is 37.0 Å². The van der Waals surface area contributed by atoms with Crippen molar-refractivity contribution in [3.8, 4) is 0 Å². The Labute approximate surface area is 120 Å². The van der Waals surface area contributed by atoms with Gasteiger partial charge in [0.05, 0.1) is 11.0 Å². The largest absolute Gasteiger partial charge is 0.336 e. The van der Waals surface area contributed by atoms with Crippen molar-refractivity contribution in [1.82, 2.24) is 4.90 Å². The number of nitrogens with zero attached hydrogens (tertiary/aromatic N) is 2. The maximum absolute atomic E-state index is 13.4. The number of benzene rings is 1. The van der Waals surface area contributed by atoms with Crippen molar-refractivity contribution >= 4 is 11.6 Å². The first-order chi connectivity index (χ1) is 9.81. The van der Waals surface area contributed by atoms with Crippen LogP contribution in [0.3, 0.4) is 0 Å². The molecule has 0 spiro atoms. The van der Waals surface area contributed by atoms with E-state index in [4.69, 9.17) is 0 Å². The van der Waals surface area contributed by atoms with Gasteiger partial charge in [-0.05, 0) is 38.7 Å². The molecule has 1 saturated carbocycles. The molecule has 0 unspecified atom stereocenters. The van der Waals surface area contributed by atoms with Gasteiger partial charge in [0.1, 0.15) is 5.56 Å². The second-order valence-electron chi connectivity index (χ2n) is 5.54. The predicted octanol–water partition coefficient (Wildman–Crippen LogP) is 3.13. The highest BCUT2D eigenvalue weighted by molar-refractivity contribution is 5.98. The number of amides is 1. The number of hydrogen-bond acceptors (Lipinski definition) is 3. The van der Waals surface area contributed by atoms with Crippen LogP contribution in [-0.2, 0) is 0 Å². The summed E-state index contributed by atoms with van der Waals surface area (Å²) < 4.78 is 26.5. The summed E-state index contributed by atoms with van der Waals surface area (Å²) in [5.74, 6) is -2.85. The first-order valence-corrected chi connectivity index (χ1v) is 6.75. The quantitative estimate of drug-likeness (QED) is 0.619. The van der Waals surface area contributed by atoms with Crippen molar-refractivity contribution in [2.45, 2.75) is 32.7 Å². The van der Waals surface area contributed by atoms with Crippen LogP contribution in [0.15, 0.2) is 12.1 Å². The number of halogens is 2. The highest BCUT2D eigenvalue weighted by Crippen LogP contribution is 2.32. The Morgan fingerprint density at radius 2 is 1.95 bits per heavy atom. The Morgan fingerprint density at radius 1 is 1.38 bits per heavy atom. The van der Waals surface area contributed by atoms with Gasteiger partial charge < -0.3 is 4.90 Å². The van der Waals surface area contributed by atoms with Crippen LogP contribution in [0.4, 0.5) is 14.5 Å². The molecule has 7 heteroatoms. The Kier molecular flexibility index (Phi) is 4.20. The lowest BCUT2D eigenvalue weighted by Gasteiger charge is -2.26. The molecule has 0 N–H and O–H groups in total. The molecule has 0 aliphatic heterocycles. The number of nitro groups is 1. The lowest BCUT2D eigenvalue weighted by molar-refractivity contribution is -0.385. The van der Waals surface area contributed by atoms with Crippen molar-refractivity contribution in [1.29, 1.82) is 0 Å². The zero-order valence-electron chi connectivity index (χ0n) is 11.8. The van der Waals surface area contributed by atoms with E-state index in [-0.39, 0.29) is 6.04 Å². The standard InChI is InChI=1S/C14H16F2N2O3/c1-8(2)17(7-9-3-4-9)14(19)10-5-11(15)12(16)6-13(10)18(20)21/h5-6,8-9H,3-4,7H2,1-2H3. The van der Waals surface area contributed by atoms with Crippen LogP contribution in [0.5, 0.6) is 0 Å². The molecule has 0 heterocycles. The maximum atomic E-state index is 13.4. The smallest absolute Gasteiger partial charge is 0.285 e. The fourth-order valence-electron chi connectivity index (χ4n) is 2.12. The van der Waals surface area contributed by atoms with Crippen LogP contribution < -0.4 is 0 Å². The Hall–Kier alpha value is -2.05. The normalized spacial score (nSPS) is 14.3. The van der Waals surface area contributed by atoms with E-state index < -0.39 is 33.7 Å². The lowest BCUT2D eigenvalue weighted by Crippen LogP contribution is -2.38. The van der Waals surface area contributed by atoms with Gasteiger partial charge in [0.25, 0.3) is 11.6 Å². The number of carbonyl (C=O) groups excluding carboxylic acids is 1. The van der Waals surface area contributed by atoms with E-state index >= 15 is 0 Å². The second kappa shape index (κ2) is 5.75. The van der Waals surface area contributed by atoms with E-state index in [0.29, 0.717) is 24.6 Å². The molecule has 0 aromatic heterocycles. The molecule has 2 rings (SSSR count). The summed E-state index contributed by atoms with van der Waals surface area (Å²) in [4.78, 5) is 24.0. The summed E-state index contributed by atoms with van der Waals surface area (Å²) >= 11 is 0. The zero-order valence-corrected chi connectivity index (χ0v) is 11.8. The molecular formula is C14H16F2N2O3. The van der Waals surface area contributed by atoms with E-state index in [1.165, 1.54) is 4.90 Å². The molecule has 1 aromatic rings. The molecule has 0 radical (unpaired) electrons. The number of nitro benzene ring substituents is 1. The molecule has 0 bridgehead atoms. The Bertz CT molecular complexity index is 586. The van der Waals surface area contributed by atoms with Crippen molar-refractivity contribution in [2.24, 2.45) is 5.92 Å². The van der Waals surface area contributed by atoms with Gasteiger partial charge in [-0.25, -0.2) is 8.78 Å². The molecule has 1 aliphatic carbocycles. The van der Waals surface area contributed by atoms with Crippen molar-refractivity contribution in [3.63, 3.8) is 0 Å². The van der Waals surface area contributed by atoms with Gasteiger partial charge in [-0.3, -0.25) is 14.9 Å². The number of hydrogen-bond donors (Lipinski definition) is 0. The summed E-state index contributed by atoms with van der Waals surface area (Å²) in [5, 5.41) is 11.0. The topological polar surface area (TPSA) is 63.5 Å². The molecule has 1 aromatic carbocycles. The fraction of sp³-hybridized carbons (Fsp3) is 0.500. The van der Waals surface area contributed by atoms with Gasteiger partial charge in [0, 0.05) is 12.6 Å². The molecular weight excluding hydrogens is 282 g/mol. The molecule has 5 nitrogen and oxygen atoms in total. The Balaban J connectivity index is 2.40. The maximum Gasteiger partial charge on any atom is 0.285 e. The van der Waals surface area contributed by atoms with Crippen LogP contribution in [0.25, 0.3) is 0 Å². The van der Waals surface area contributed by atoms with Crippen LogP contribution in [0, 0.1) is 27.7 Å². The van der Waals surface area contributed by atoms with Crippen LogP contribution in [-0.4, -0.2) is 28.3 Å². The summed E-state index contributed by atoms with van der Waals surface area (Å²) in [6.07, 6.45) is 2.02. The number of rotatable bonds is 5. The van der Waals surface area contributed by atoms with E-state index in [0.717, 1.165) is 12.8 Å². The molecule has 0 atom stereocenters. The third kappa shape index (κ3) is 3.34. The van der Waals surface area contributed by atoms with E-state index in [1.807, 2.05) is 0 Å². The van der Waals surface area contributed by atoms with E-state index in [1.54, 1.807) is 13.8 Å². The number of carbonyl (C=O) groups is 1. The summed E-state index contributed by atoms with van der Waals surface area (Å²) in [5.41, 5.74) is -1.12. The molecule has 114 valence electrons.